The van der Waals surface area contributed by atoms with Gasteiger partial charge in [0.2, 0.25) is 5.69 Å². The van der Waals surface area contributed by atoms with Crippen molar-refractivity contribution >= 4 is 54.9 Å². The Morgan fingerprint density at radius 1 is 0.783 bits per heavy atom. The summed E-state index contributed by atoms with van der Waals surface area (Å²) >= 11 is 0. The van der Waals surface area contributed by atoms with Gasteiger partial charge in [0.05, 0.1) is 16.1 Å². The average molecular weight is 979 g/mol. The Kier molecular flexibility index (Phi) is 15.6. The Bertz CT molecular complexity index is 2900. The van der Waals surface area contributed by atoms with E-state index in [0.717, 1.165) is 71.0 Å². The molecule has 3 aliphatic heterocycles. The number of rotatable bonds is 21. The molecule has 7 rings (SSSR count). The normalized spacial score (nSPS) is 18.9. The first-order valence-electron chi connectivity index (χ1n) is 23.9. The zero-order chi connectivity index (χ0) is 49.7. The van der Waals surface area contributed by atoms with Crippen LogP contribution in [0.25, 0.3) is 0 Å². The van der Waals surface area contributed by atoms with Crippen LogP contribution in [0.3, 0.4) is 0 Å². The minimum atomic E-state index is -4.50. The van der Waals surface area contributed by atoms with Crippen molar-refractivity contribution < 1.29 is 49.6 Å². The number of hydrogen-bond acceptors (Lipinski definition) is 9. The molecule has 2 amide bonds. The first kappa shape index (κ1) is 51.1. The molecule has 0 unspecified atom stereocenters. The number of Topliss-reactive ketones (excluding diaryl/α,β-unsaturated/α-hetero) is 1. The summed E-state index contributed by atoms with van der Waals surface area (Å²) in [5.41, 5.74) is 7.94. The van der Waals surface area contributed by atoms with Crippen molar-refractivity contribution in [1.29, 1.82) is 0 Å². The molecule has 0 fully saturated rings. The topological polar surface area (TPSA) is 179 Å². The Morgan fingerprint density at radius 3 is 2.19 bits per heavy atom. The van der Waals surface area contributed by atoms with E-state index in [1.54, 1.807) is 6.07 Å². The maximum Gasteiger partial charge on any atom is 0.294 e. The molecule has 0 aromatic heterocycles. The summed E-state index contributed by atoms with van der Waals surface area (Å²) in [7, 11) is -8.65. The molecule has 3 heterocycles. The first-order valence-corrected chi connectivity index (χ1v) is 27.0. The Balaban J connectivity index is 1.21. The fourth-order valence-corrected chi connectivity index (χ4v) is 10.9. The smallest absolute Gasteiger partial charge is 0.294 e. The second kappa shape index (κ2) is 21.1. The zero-order valence-corrected chi connectivity index (χ0v) is 41.9. The maximum absolute atomic E-state index is 12.8. The fraction of sp³-hybridized carbons (Fsp3) is 0.407. The molecule has 3 aromatic rings. The highest BCUT2D eigenvalue weighted by Crippen LogP contribution is 2.49. The number of carbonyl (C=O) groups excluding carboxylic acids is 3. The highest BCUT2D eigenvalue weighted by molar-refractivity contribution is 7.86. The molecule has 69 heavy (non-hydrogen) atoms. The quantitative estimate of drug-likeness (QED) is 0.0449. The number of anilines is 1. The molecule has 0 saturated heterocycles. The molecule has 1 aliphatic carbocycles. The number of unbranched alkanes of at least 4 members (excludes halogenated alkanes) is 2. The molecule has 0 atom stereocenters. The van der Waals surface area contributed by atoms with Gasteiger partial charge in [-0.15, -0.1) is 0 Å². The summed E-state index contributed by atoms with van der Waals surface area (Å²) in [5.74, 6) is 0.315. The number of benzene rings is 3. The van der Waals surface area contributed by atoms with E-state index in [9.17, 15) is 40.3 Å². The molecule has 0 radical (unpaired) electrons. The molecule has 0 saturated carbocycles. The summed E-state index contributed by atoms with van der Waals surface area (Å²) in [6.07, 6.45) is 17.6. The van der Waals surface area contributed by atoms with Crippen LogP contribution in [-0.2, 0) is 51.9 Å². The van der Waals surface area contributed by atoms with Gasteiger partial charge in [-0.2, -0.15) is 21.4 Å². The molecule has 366 valence electrons. The van der Waals surface area contributed by atoms with Crippen LogP contribution in [0.15, 0.2) is 131 Å². The summed E-state index contributed by atoms with van der Waals surface area (Å²) in [6, 6.07) is 20.8. The molecular formula is C54H64N3O10S2+. The highest BCUT2D eigenvalue weighted by atomic mass is 32.2. The van der Waals surface area contributed by atoms with Gasteiger partial charge in [-0.25, -0.2) is 0 Å². The Morgan fingerprint density at radius 2 is 1.49 bits per heavy atom. The van der Waals surface area contributed by atoms with Crippen molar-refractivity contribution in [3.63, 3.8) is 0 Å². The molecule has 2 N–H and O–H groups in total. The maximum atomic E-state index is 12.8. The van der Waals surface area contributed by atoms with Crippen molar-refractivity contribution in [2.24, 2.45) is 0 Å². The predicted octanol–water partition coefficient (Wildman–Crippen LogP) is 9.67. The highest BCUT2D eigenvalue weighted by Gasteiger charge is 2.44. The van der Waals surface area contributed by atoms with Crippen molar-refractivity contribution in [3.05, 3.63) is 142 Å². The van der Waals surface area contributed by atoms with Gasteiger partial charge in [0.25, 0.3) is 32.1 Å². The fourth-order valence-electron chi connectivity index (χ4n) is 9.86. The van der Waals surface area contributed by atoms with E-state index in [2.05, 4.69) is 72.7 Å². The van der Waals surface area contributed by atoms with E-state index < -0.39 is 25.7 Å². The number of hydrogen-bond donors (Lipinski definition) is 2. The van der Waals surface area contributed by atoms with Crippen molar-refractivity contribution in [3.8, 4) is 5.75 Å². The molecule has 4 aliphatic rings. The third-order valence-corrected chi connectivity index (χ3v) is 15.3. The van der Waals surface area contributed by atoms with Gasteiger partial charge < -0.3 is 9.64 Å². The number of ketones is 1. The van der Waals surface area contributed by atoms with Gasteiger partial charge in [0.15, 0.2) is 5.71 Å². The summed E-state index contributed by atoms with van der Waals surface area (Å²) < 4.78 is 76.5. The zero-order valence-electron chi connectivity index (χ0n) is 40.2. The summed E-state index contributed by atoms with van der Waals surface area (Å²) in [4.78, 5) is 39.5. The van der Waals surface area contributed by atoms with Crippen LogP contribution in [0.2, 0.25) is 0 Å². The SMILES string of the molecule is CCCC[N+]1=C(C=CC2=C(Oc3ccc(CCC(=O)CCCN4C(=O)C=CC4=O)cc3)C(=CC=C3N(CCCCS(=O)(=O)O)c4ccc(S(=O)(=O)O)cc4C3(C)C)CCC2)C(C)(C)c2ccccc21. The number of imide groups is 1. The minimum absolute atomic E-state index is 0.0545. The minimum Gasteiger partial charge on any atom is -0.457 e. The van der Waals surface area contributed by atoms with Gasteiger partial charge >= 0.3 is 0 Å². The lowest BCUT2D eigenvalue weighted by molar-refractivity contribution is -0.438. The van der Waals surface area contributed by atoms with E-state index in [-0.39, 0.29) is 53.0 Å². The number of amides is 2. The lowest BCUT2D eigenvalue weighted by Gasteiger charge is -2.27. The van der Waals surface area contributed by atoms with E-state index >= 15 is 0 Å². The van der Waals surface area contributed by atoms with Crippen LogP contribution in [0, 0.1) is 0 Å². The Labute approximate surface area is 407 Å². The van der Waals surface area contributed by atoms with Gasteiger partial charge in [-0.1, -0.05) is 63.6 Å². The van der Waals surface area contributed by atoms with Crippen molar-refractivity contribution in [1.82, 2.24) is 4.90 Å². The van der Waals surface area contributed by atoms with Crippen molar-refractivity contribution in [2.75, 3.05) is 30.3 Å². The number of nitrogens with zero attached hydrogens (tertiary/aromatic N) is 3. The summed E-state index contributed by atoms with van der Waals surface area (Å²) in [6.45, 7) is 12.2. The second-order valence-corrected chi connectivity index (χ2v) is 22.3. The lowest BCUT2D eigenvalue weighted by atomic mass is 9.81. The van der Waals surface area contributed by atoms with Crippen LogP contribution in [0.5, 0.6) is 5.75 Å². The Hall–Kier alpha value is -5.74. The number of allylic oxidation sites excluding steroid dienone is 7. The van der Waals surface area contributed by atoms with Crippen LogP contribution in [-0.4, -0.2) is 84.1 Å². The van der Waals surface area contributed by atoms with Crippen molar-refractivity contribution in [2.45, 2.75) is 121 Å². The molecule has 15 heteroatoms. The molecular weight excluding hydrogens is 915 g/mol. The number of ether oxygens (including phenoxy) is 1. The van der Waals surface area contributed by atoms with Crippen LogP contribution >= 0.6 is 0 Å². The lowest BCUT2D eigenvalue weighted by Crippen LogP contribution is -2.31. The summed E-state index contributed by atoms with van der Waals surface area (Å²) in [5, 5.41) is 0. The third kappa shape index (κ3) is 11.8. The van der Waals surface area contributed by atoms with E-state index in [0.29, 0.717) is 50.0 Å². The van der Waals surface area contributed by atoms with E-state index in [1.807, 2.05) is 44.2 Å². The standard InChI is InChI=1S/C54H63N3O10S2/c1-6-7-33-55-46-18-9-8-17-44(46)53(2,3)48(55)29-22-39-14-12-15-40(52(39)67-42-25-20-38(21-26-42)19-24-41(58)16-13-35-57-50(59)31-32-51(57)60)23-30-49-54(4,5)45-37-43(69(64,65)66)27-28-47(45)56(49)34-10-11-36-68(61,62)63/h8-9,17-18,20-23,25-32,37H,6-7,10-16,19,24,33-36H2,1-5H3,(H-,61,62,63,64,65,66)/p+1. The van der Waals surface area contributed by atoms with E-state index in [4.69, 9.17) is 4.74 Å². The second-order valence-electron chi connectivity index (χ2n) is 19.3. The van der Waals surface area contributed by atoms with Gasteiger partial charge in [-0.3, -0.25) is 28.4 Å². The van der Waals surface area contributed by atoms with Gasteiger partial charge in [0.1, 0.15) is 23.8 Å². The largest absolute Gasteiger partial charge is 0.457 e. The van der Waals surface area contributed by atoms with Gasteiger partial charge in [0, 0.05) is 79.0 Å². The average Bonchev–Trinajstić information content (AvgIpc) is 3.82. The third-order valence-electron chi connectivity index (χ3n) is 13.7. The molecule has 0 bridgehead atoms. The molecule has 0 spiro atoms. The number of fused-ring (bicyclic) bond motifs is 2. The van der Waals surface area contributed by atoms with Gasteiger partial charge in [-0.05, 0) is 124 Å². The molecule has 13 nitrogen and oxygen atoms in total. The first-order chi connectivity index (χ1) is 32.7. The van der Waals surface area contributed by atoms with Crippen LogP contribution in [0.4, 0.5) is 11.4 Å². The van der Waals surface area contributed by atoms with Crippen LogP contribution in [0.1, 0.15) is 116 Å². The number of para-hydroxylation sites is 1. The number of carbonyl (C=O) groups is 3. The van der Waals surface area contributed by atoms with Crippen LogP contribution < -0.4 is 9.64 Å². The predicted molar refractivity (Wildman–Crippen MR) is 268 cm³/mol. The molecule has 3 aromatic carbocycles. The monoisotopic (exact) mass is 978 g/mol. The van der Waals surface area contributed by atoms with E-state index in [1.165, 1.54) is 41.2 Å². The number of aryl methyl sites for hydroxylation is 1.